The second kappa shape index (κ2) is 7.56. The van der Waals surface area contributed by atoms with E-state index in [4.69, 9.17) is 9.52 Å². The third-order valence-electron chi connectivity index (χ3n) is 4.91. The first kappa shape index (κ1) is 20.6. The molecule has 2 aromatic heterocycles. The summed E-state index contributed by atoms with van der Waals surface area (Å²) in [6, 6.07) is 7.97. The zero-order valence-corrected chi connectivity index (χ0v) is 16.4. The van der Waals surface area contributed by atoms with Gasteiger partial charge in [-0.05, 0) is 41.7 Å². The van der Waals surface area contributed by atoms with Crippen LogP contribution in [0.25, 0.3) is 0 Å². The number of rotatable bonds is 6. The van der Waals surface area contributed by atoms with Gasteiger partial charge in [-0.3, -0.25) is 4.68 Å². The Morgan fingerprint density at radius 2 is 2.00 bits per heavy atom. The maximum absolute atomic E-state index is 13.0. The van der Waals surface area contributed by atoms with E-state index in [9.17, 15) is 21.6 Å². The predicted molar refractivity (Wildman–Crippen MR) is 98.9 cm³/mol. The number of hydrogen-bond donors (Lipinski definition) is 2. The van der Waals surface area contributed by atoms with E-state index in [1.165, 1.54) is 24.6 Å². The lowest BCUT2D eigenvalue weighted by atomic mass is 10.1. The van der Waals surface area contributed by atoms with Gasteiger partial charge in [0.25, 0.3) is 10.0 Å². The first-order valence-electron chi connectivity index (χ1n) is 9.06. The van der Waals surface area contributed by atoms with Crippen molar-refractivity contribution < 1.29 is 31.1 Å². The number of fused-ring (bicyclic) bond motifs is 1. The molecule has 0 fully saturated rings. The van der Waals surface area contributed by atoms with Gasteiger partial charge in [-0.25, -0.2) is 13.1 Å². The van der Waals surface area contributed by atoms with E-state index in [0.29, 0.717) is 12.8 Å². The van der Waals surface area contributed by atoms with Crippen LogP contribution in [0.1, 0.15) is 27.9 Å². The number of nitrogens with one attached hydrogen (secondary N) is 1. The fraction of sp³-hybridized carbons (Fsp3) is 0.316. The van der Waals surface area contributed by atoms with E-state index in [1.807, 2.05) is 12.1 Å². The predicted octanol–water partition coefficient (Wildman–Crippen LogP) is 2.48. The highest BCUT2D eigenvalue weighted by Crippen LogP contribution is 2.31. The van der Waals surface area contributed by atoms with E-state index in [0.717, 1.165) is 21.4 Å². The van der Waals surface area contributed by atoms with E-state index < -0.39 is 28.5 Å². The Labute approximate surface area is 170 Å². The van der Waals surface area contributed by atoms with Crippen molar-refractivity contribution in [1.29, 1.82) is 0 Å². The summed E-state index contributed by atoms with van der Waals surface area (Å²) >= 11 is 0. The molecule has 0 bridgehead atoms. The molecule has 160 valence electrons. The molecule has 0 saturated carbocycles. The van der Waals surface area contributed by atoms with Crippen molar-refractivity contribution in [3.05, 3.63) is 70.7 Å². The van der Waals surface area contributed by atoms with Crippen LogP contribution in [0.5, 0.6) is 0 Å². The van der Waals surface area contributed by atoms with Gasteiger partial charge in [0.2, 0.25) is 5.09 Å². The monoisotopic (exact) mass is 441 g/mol. The number of benzene rings is 1. The lowest BCUT2D eigenvalue weighted by Gasteiger charge is -2.10. The lowest BCUT2D eigenvalue weighted by molar-refractivity contribution is -0.142. The standard InChI is InChI=1S/C19H18F3N3O4S/c20-19(21,22)18-15(11-26)10-25(23-18)9-12-3-4-13-7-16(8-14(13)6-12)24-30(27,28)17-2-1-5-29-17/h1-6,10,16,24,26H,7-9,11H2. The molecule has 0 saturated heterocycles. The number of alkyl halides is 3. The SMILES string of the molecule is O=S(=O)(NC1Cc2ccc(Cn3cc(CO)c(C(F)(F)F)n3)cc2C1)c1ccco1. The van der Waals surface area contributed by atoms with Crippen LogP contribution in [0.15, 0.2) is 52.3 Å². The summed E-state index contributed by atoms with van der Waals surface area (Å²) in [5, 5.41) is 12.6. The van der Waals surface area contributed by atoms with E-state index in [2.05, 4.69) is 9.82 Å². The van der Waals surface area contributed by atoms with Crippen LogP contribution in [0.3, 0.4) is 0 Å². The second-order valence-corrected chi connectivity index (χ2v) is 8.76. The van der Waals surface area contributed by atoms with Gasteiger partial charge >= 0.3 is 6.18 Å². The van der Waals surface area contributed by atoms with Crippen molar-refractivity contribution in [3.8, 4) is 0 Å². The van der Waals surface area contributed by atoms with Crippen LogP contribution in [0, 0.1) is 0 Å². The summed E-state index contributed by atoms with van der Waals surface area (Å²) in [6.07, 6.45) is -1.22. The Bertz CT molecular complexity index is 1150. The molecule has 1 unspecified atom stereocenters. The average Bonchev–Trinajstić information content (AvgIpc) is 3.39. The molecule has 1 aliphatic rings. The molecule has 2 N–H and O–H groups in total. The number of aliphatic hydroxyl groups excluding tert-OH is 1. The number of furan rings is 1. The maximum atomic E-state index is 13.0. The maximum Gasteiger partial charge on any atom is 0.435 e. The lowest BCUT2D eigenvalue weighted by Crippen LogP contribution is -2.35. The third-order valence-corrected chi connectivity index (χ3v) is 6.31. The van der Waals surface area contributed by atoms with Gasteiger partial charge in [-0.1, -0.05) is 18.2 Å². The molecule has 7 nitrogen and oxygen atoms in total. The highest BCUT2D eigenvalue weighted by molar-refractivity contribution is 7.89. The number of aromatic nitrogens is 2. The molecule has 1 aliphatic carbocycles. The van der Waals surface area contributed by atoms with Crippen molar-refractivity contribution >= 4 is 10.0 Å². The first-order chi connectivity index (χ1) is 14.2. The molecule has 11 heteroatoms. The molecule has 3 aromatic rings. The highest BCUT2D eigenvalue weighted by atomic mass is 32.2. The van der Waals surface area contributed by atoms with Crippen LogP contribution in [-0.2, 0) is 42.2 Å². The fourth-order valence-electron chi connectivity index (χ4n) is 3.63. The summed E-state index contributed by atoms with van der Waals surface area (Å²) in [6.45, 7) is -0.657. The Balaban J connectivity index is 1.48. The molecular formula is C19H18F3N3O4S. The number of aliphatic hydroxyl groups is 1. The largest absolute Gasteiger partial charge is 0.452 e. The third kappa shape index (κ3) is 4.13. The molecule has 1 atom stereocenters. The fourth-order valence-corrected chi connectivity index (χ4v) is 4.79. The minimum absolute atomic E-state index is 0.0964. The molecule has 0 amide bonds. The highest BCUT2D eigenvalue weighted by Gasteiger charge is 2.37. The summed E-state index contributed by atoms with van der Waals surface area (Å²) in [5.74, 6) is 0. The number of halogens is 3. The van der Waals surface area contributed by atoms with E-state index >= 15 is 0 Å². The summed E-state index contributed by atoms with van der Waals surface area (Å²) in [5.41, 5.74) is 1.24. The van der Waals surface area contributed by atoms with Gasteiger partial charge in [0.15, 0.2) is 5.69 Å². The topological polar surface area (TPSA) is 97.4 Å². The Kier molecular flexibility index (Phi) is 5.20. The summed E-state index contributed by atoms with van der Waals surface area (Å²) < 4.78 is 72.4. The van der Waals surface area contributed by atoms with Crippen LogP contribution >= 0.6 is 0 Å². The number of hydrogen-bond acceptors (Lipinski definition) is 5. The van der Waals surface area contributed by atoms with Crippen molar-refractivity contribution in [1.82, 2.24) is 14.5 Å². The van der Waals surface area contributed by atoms with Crippen molar-refractivity contribution in [2.75, 3.05) is 0 Å². The molecule has 0 aliphatic heterocycles. The normalized spacial score (nSPS) is 16.7. The minimum Gasteiger partial charge on any atom is -0.452 e. The van der Waals surface area contributed by atoms with Crippen molar-refractivity contribution in [3.63, 3.8) is 0 Å². The quantitative estimate of drug-likeness (QED) is 0.613. The Morgan fingerprint density at radius 1 is 1.23 bits per heavy atom. The van der Waals surface area contributed by atoms with Crippen LogP contribution < -0.4 is 4.72 Å². The van der Waals surface area contributed by atoms with Crippen molar-refractivity contribution in [2.24, 2.45) is 0 Å². The van der Waals surface area contributed by atoms with Gasteiger partial charge in [-0.2, -0.15) is 18.3 Å². The van der Waals surface area contributed by atoms with Gasteiger partial charge in [-0.15, -0.1) is 0 Å². The van der Waals surface area contributed by atoms with Crippen LogP contribution in [0.2, 0.25) is 0 Å². The van der Waals surface area contributed by atoms with Gasteiger partial charge in [0.05, 0.1) is 19.4 Å². The molecule has 1 aromatic carbocycles. The zero-order chi connectivity index (χ0) is 21.5. The molecule has 2 heterocycles. The van der Waals surface area contributed by atoms with Gasteiger partial charge in [0.1, 0.15) is 0 Å². The van der Waals surface area contributed by atoms with Crippen LogP contribution in [0.4, 0.5) is 13.2 Å². The first-order valence-corrected chi connectivity index (χ1v) is 10.5. The van der Waals surface area contributed by atoms with Crippen LogP contribution in [-0.4, -0.2) is 29.3 Å². The van der Waals surface area contributed by atoms with E-state index in [1.54, 1.807) is 6.07 Å². The molecule has 4 rings (SSSR count). The van der Waals surface area contributed by atoms with Gasteiger partial charge in [0, 0.05) is 17.8 Å². The van der Waals surface area contributed by atoms with Gasteiger partial charge < -0.3 is 9.52 Å². The summed E-state index contributed by atoms with van der Waals surface area (Å²) in [4.78, 5) is 0. The molecule has 30 heavy (non-hydrogen) atoms. The van der Waals surface area contributed by atoms with Crippen molar-refractivity contribution in [2.45, 2.75) is 43.3 Å². The molecule has 0 spiro atoms. The smallest absolute Gasteiger partial charge is 0.435 e. The Morgan fingerprint density at radius 3 is 2.63 bits per heavy atom. The Hall–Kier alpha value is -2.63. The second-order valence-electron chi connectivity index (χ2n) is 7.12. The van der Waals surface area contributed by atoms with E-state index in [-0.39, 0.29) is 23.2 Å². The number of sulfonamides is 1. The molecular weight excluding hydrogens is 423 g/mol. The zero-order valence-electron chi connectivity index (χ0n) is 15.6. The summed E-state index contributed by atoms with van der Waals surface area (Å²) in [7, 11) is -3.76. The average molecular weight is 441 g/mol. The number of nitrogens with zero attached hydrogens (tertiary/aromatic N) is 2. The molecule has 0 radical (unpaired) electrons. The minimum atomic E-state index is -4.64.